The molecule has 22 heavy (non-hydrogen) atoms. The van der Waals surface area contributed by atoms with E-state index in [9.17, 15) is 4.79 Å². The lowest BCUT2D eigenvalue weighted by molar-refractivity contribution is -0.924. The molecule has 2 unspecified atom stereocenters. The van der Waals surface area contributed by atoms with Crippen LogP contribution in [-0.4, -0.2) is 31.1 Å². The van der Waals surface area contributed by atoms with E-state index in [1.807, 2.05) is 17.0 Å². The van der Waals surface area contributed by atoms with Crippen LogP contribution in [0, 0.1) is 11.8 Å². The lowest BCUT2D eigenvalue weighted by Crippen LogP contribution is -3.16. The van der Waals surface area contributed by atoms with E-state index in [0.717, 1.165) is 11.6 Å². The van der Waals surface area contributed by atoms with Crippen molar-refractivity contribution < 1.29 is 9.69 Å². The minimum absolute atomic E-state index is 0.0634. The molecule has 4 heteroatoms. The van der Waals surface area contributed by atoms with Gasteiger partial charge in [-0.05, 0) is 37.1 Å². The van der Waals surface area contributed by atoms with Crippen molar-refractivity contribution in [3.8, 4) is 0 Å². The quantitative estimate of drug-likeness (QED) is 0.877. The Labute approximate surface area is 137 Å². The summed E-state index contributed by atoms with van der Waals surface area (Å²) >= 11 is 5.90. The van der Waals surface area contributed by atoms with Crippen molar-refractivity contribution in [3.63, 3.8) is 0 Å². The highest BCUT2D eigenvalue weighted by molar-refractivity contribution is 6.30. The summed E-state index contributed by atoms with van der Waals surface area (Å²) in [7, 11) is 0. The molecule has 1 aromatic rings. The molecule has 0 aromatic heterocycles. The number of halogens is 1. The van der Waals surface area contributed by atoms with E-state index >= 15 is 0 Å². The summed E-state index contributed by atoms with van der Waals surface area (Å²) in [6, 6.07) is 8.51. The largest absolute Gasteiger partial charge is 0.348 e. The smallest absolute Gasteiger partial charge is 0.251 e. The minimum Gasteiger partial charge on any atom is -0.348 e. The van der Waals surface area contributed by atoms with Gasteiger partial charge < -0.3 is 10.2 Å². The summed E-state index contributed by atoms with van der Waals surface area (Å²) in [6.07, 6.45) is 6.71. The number of rotatable bonds is 3. The van der Waals surface area contributed by atoms with Crippen molar-refractivity contribution in [2.24, 2.45) is 11.8 Å². The number of piperidine rings is 1. The lowest BCUT2D eigenvalue weighted by Gasteiger charge is -2.45. The van der Waals surface area contributed by atoms with Crippen LogP contribution in [0.2, 0.25) is 5.02 Å². The Morgan fingerprint density at radius 3 is 2.27 bits per heavy atom. The average molecular weight is 320 g/mol. The molecule has 2 bridgehead atoms. The molecule has 1 aromatic carbocycles. The second kappa shape index (κ2) is 5.86. The van der Waals surface area contributed by atoms with Gasteiger partial charge in [-0.25, -0.2) is 0 Å². The van der Waals surface area contributed by atoms with Gasteiger partial charge in [0.1, 0.15) is 0 Å². The first kappa shape index (κ1) is 14.5. The SMILES string of the molecule is O=C(NC1[C@@H]2CCC[C@H]1C[NH+](C1CC1)C2)c1ccc(Cl)cc1. The van der Waals surface area contributed by atoms with Crippen LogP contribution in [0.15, 0.2) is 24.3 Å². The van der Waals surface area contributed by atoms with Gasteiger partial charge in [-0.15, -0.1) is 0 Å². The van der Waals surface area contributed by atoms with Gasteiger partial charge in [0.05, 0.1) is 19.1 Å². The predicted molar refractivity (Wildman–Crippen MR) is 87.3 cm³/mol. The molecule has 1 heterocycles. The van der Waals surface area contributed by atoms with Crippen LogP contribution in [0.1, 0.15) is 42.5 Å². The molecule has 3 nitrogen and oxygen atoms in total. The van der Waals surface area contributed by atoms with Crippen molar-refractivity contribution in [1.29, 1.82) is 0 Å². The average Bonchev–Trinajstić information content (AvgIpc) is 3.32. The third kappa shape index (κ3) is 2.89. The zero-order valence-electron chi connectivity index (χ0n) is 12.9. The summed E-state index contributed by atoms with van der Waals surface area (Å²) in [5, 5.41) is 4.02. The highest BCUT2D eigenvalue weighted by Crippen LogP contribution is 2.32. The van der Waals surface area contributed by atoms with Gasteiger partial charge in [-0.1, -0.05) is 18.0 Å². The summed E-state index contributed by atoms with van der Waals surface area (Å²) in [5.74, 6) is 1.40. The summed E-state index contributed by atoms with van der Waals surface area (Å²) < 4.78 is 0. The number of amides is 1. The highest BCUT2D eigenvalue weighted by Gasteiger charge is 2.47. The standard InChI is InChI=1S/C18H23ClN2O/c19-15-6-4-12(5-7-15)18(22)20-17-13-2-1-3-14(17)11-21(10-13)16-8-9-16/h4-7,13-14,16-17H,1-3,8-11H2,(H,20,22)/p+1/t13-,14+,17?. The minimum atomic E-state index is 0.0634. The van der Waals surface area contributed by atoms with Gasteiger partial charge in [0, 0.05) is 41.3 Å². The fraction of sp³-hybridized carbons (Fsp3) is 0.611. The molecule has 0 spiro atoms. The molecule has 0 radical (unpaired) electrons. The number of nitrogens with one attached hydrogen (secondary N) is 2. The molecule has 2 saturated carbocycles. The van der Waals surface area contributed by atoms with E-state index < -0.39 is 0 Å². The molecule has 1 amide bonds. The summed E-state index contributed by atoms with van der Waals surface area (Å²) in [5.41, 5.74) is 0.722. The molecule has 2 aliphatic carbocycles. The first-order chi connectivity index (χ1) is 10.7. The van der Waals surface area contributed by atoms with Crippen molar-refractivity contribution in [1.82, 2.24) is 5.32 Å². The zero-order valence-corrected chi connectivity index (χ0v) is 13.6. The molecular weight excluding hydrogens is 296 g/mol. The lowest BCUT2D eigenvalue weighted by atomic mass is 9.73. The van der Waals surface area contributed by atoms with Crippen LogP contribution in [0.25, 0.3) is 0 Å². The first-order valence-corrected chi connectivity index (χ1v) is 8.99. The molecule has 2 N–H and O–H groups in total. The molecule has 1 saturated heterocycles. The zero-order chi connectivity index (χ0) is 15.1. The number of fused-ring (bicyclic) bond motifs is 2. The van der Waals surface area contributed by atoms with Gasteiger partial charge in [0.25, 0.3) is 5.91 Å². The summed E-state index contributed by atoms with van der Waals surface area (Å²) in [6.45, 7) is 2.51. The molecule has 1 aliphatic heterocycles. The van der Waals surface area contributed by atoms with E-state index in [1.54, 1.807) is 12.1 Å². The van der Waals surface area contributed by atoms with E-state index in [0.29, 0.717) is 22.9 Å². The maximum Gasteiger partial charge on any atom is 0.251 e. The Morgan fingerprint density at radius 1 is 1.05 bits per heavy atom. The molecule has 3 aliphatic rings. The monoisotopic (exact) mass is 319 g/mol. The van der Waals surface area contributed by atoms with Gasteiger partial charge in [-0.2, -0.15) is 0 Å². The number of hydrogen-bond acceptors (Lipinski definition) is 1. The Morgan fingerprint density at radius 2 is 1.68 bits per heavy atom. The maximum atomic E-state index is 12.5. The third-order valence-corrected chi connectivity index (χ3v) is 6.03. The van der Waals surface area contributed by atoms with Crippen molar-refractivity contribution in [2.75, 3.05) is 13.1 Å². The molecule has 118 valence electrons. The highest BCUT2D eigenvalue weighted by atomic mass is 35.5. The number of likely N-dealkylation sites (tertiary alicyclic amines) is 1. The van der Waals surface area contributed by atoms with Crippen molar-refractivity contribution in [2.45, 2.75) is 44.2 Å². The van der Waals surface area contributed by atoms with Crippen LogP contribution >= 0.6 is 11.6 Å². The Balaban J connectivity index is 1.45. The number of carbonyl (C=O) groups is 1. The fourth-order valence-corrected chi connectivity index (χ4v) is 4.62. The molecule has 4 rings (SSSR count). The van der Waals surface area contributed by atoms with E-state index in [1.165, 1.54) is 45.2 Å². The molecular formula is C18H24ClN2O+. The van der Waals surface area contributed by atoms with Crippen LogP contribution in [-0.2, 0) is 0 Å². The second-order valence-corrected chi connectivity index (χ2v) is 7.73. The van der Waals surface area contributed by atoms with Gasteiger partial charge >= 0.3 is 0 Å². The van der Waals surface area contributed by atoms with Crippen molar-refractivity contribution in [3.05, 3.63) is 34.9 Å². The van der Waals surface area contributed by atoms with Crippen LogP contribution in [0.5, 0.6) is 0 Å². The van der Waals surface area contributed by atoms with Gasteiger partial charge in [-0.3, -0.25) is 4.79 Å². The van der Waals surface area contributed by atoms with Gasteiger partial charge in [0.15, 0.2) is 0 Å². The van der Waals surface area contributed by atoms with Gasteiger partial charge in [0.2, 0.25) is 0 Å². The summed E-state index contributed by atoms with van der Waals surface area (Å²) in [4.78, 5) is 14.3. The van der Waals surface area contributed by atoms with Crippen LogP contribution in [0.3, 0.4) is 0 Å². The maximum absolute atomic E-state index is 12.5. The Bertz CT molecular complexity index is 541. The number of hydrogen-bond donors (Lipinski definition) is 2. The Kier molecular flexibility index (Phi) is 3.87. The normalized spacial score (nSPS) is 34.2. The second-order valence-electron chi connectivity index (χ2n) is 7.30. The molecule has 3 fully saturated rings. The topological polar surface area (TPSA) is 33.5 Å². The third-order valence-electron chi connectivity index (χ3n) is 5.77. The fourth-order valence-electron chi connectivity index (χ4n) is 4.50. The van der Waals surface area contributed by atoms with E-state index in [4.69, 9.17) is 11.6 Å². The molecule has 4 atom stereocenters. The van der Waals surface area contributed by atoms with Crippen molar-refractivity contribution >= 4 is 17.5 Å². The van der Waals surface area contributed by atoms with E-state index in [-0.39, 0.29) is 5.91 Å². The van der Waals surface area contributed by atoms with Crippen LogP contribution in [0.4, 0.5) is 0 Å². The number of carbonyl (C=O) groups excluding carboxylic acids is 1. The number of benzene rings is 1. The van der Waals surface area contributed by atoms with E-state index in [2.05, 4.69) is 5.32 Å². The predicted octanol–water partition coefficient (Wildman–Crippen LogP) is 1.92. The Hall–Kier alpha value is -1.06. The van der Waals surface area contributed by atoms with Crippen LogP contribution < -0.4 is 10.2 Å². The first-order valence-electron chi connectivity index (χ1n) is 8.62. The number of quaternary nitrogens is 1.